The van der Waals surface area contributed by atoms with Crippen molar-refractivity contribution in [3.63, 3.8) is 0 Å². The van der Waals surface area contributed by atoms with Crippen LogP contribution >= 0.6 is 11.8 Å². The van der Waals surface area contributed by atoms with Gasteiger partial charge in [0.05, 0.1) is 0 Å². The third kappa shape index (κ3) is 4.51. The summed E-state index contributed by atoms with van der Waals surface area (Å²) in [6.07, 6.45) is 4.25. The molecule has 0 spiro atoms. The fourth-order valence-corrected chi connectivity index (χ4v) is 1.70. The van der Waals surface area contributed by atoms with Crippen LogP contribution in [0.3, 0.4) is 0 Å². The van der Waals surface area contributed by atoms with Crippen LogP contribution in [0.25, 0.3) is 0 Å². The van der Waals surface area contributed by atoms with E-state index in [1.54, 1.807) is 6.07 Å². The number of hydrogen-bond acceptors (Lipinski definition) is 2. The molecule has 0 saturated heterocycles. The minimum absolute atomic E-state index is 0.637. The monoisotopic (exact) mass is 231 g/mol. The van der Waals surface area contributed by atoms with Gasteiger partial charge in [0.1, 0.15) is 0 Å². The molecule has 1 nitrogen and oxygen atoms in total. The van der Waals surface area contributed by atoms with E-state index in [2.05, 4.69) is 11.6 Å². The fraction of sp³-hybridized carbons (Fsp3) is 0.455. The third-order valence-corrected chi connectivity index (χ3v) is 2.72. The molecule has 0 aliphatic heterocycles. The molecule has 0 bridgehead atoms. The number of rotatable bonds is 6. The highest BCUT2D eigenvalue weighted by atomic mass is 32.2. The van der Waals surface area contributed by atoms with E-state index < -0.39 is 11.6 Å². The van der Waals surface area contributed by atoms with Crippen molar-refractivity contribution >= 4 is 17.4 Å². The van der Waals surface area contributed by atoms with Gasteiger partial charge in [0.15, 0.2) is 11.6 Å². The third-order valence-electron chi connectivity index (χ3n) is 2.02. The van der Waals surface area contributed by atoms with Crippen molar-refractivity contribution in [2.75, 3.05) is 23.9 Å². The van der Waals surface area contributed by atoms with Crippen LogP contribution in [0.2, 0.25) is 0 Å². The van der Waals surface area contributed by atoms with Crippen LogP contribution in [0.15, 0.2) is 18.2 Å². The maximum absolute atomic E-state index is 12.8. The first kappa shape index (κ1) is 12.3. The van der Waals surface area contributed by atoms with Gasteiger partial charge in [-0.15, -0.1) is 0 Å². The Balaban J connectivity index is 2.28. The minimum atomic E-state index is -0.803. The molecule has 0 radical (unpaired) electrons. The van der Waals surface area contributed by atoms with Gasteiger partial charge in [0.25, 0.3) is 0 Å². The zero-order valence-corrected chi connectivity index (χ0v) is 9.54. The highest BCUT2D eigenvalue weighted by molar-refractivity contribution is 7.98. The topological polar surface area (TPSA) is 12.0 Å². The SMILES string of the molecule is CSCCCCNc1ccc(F)c(F)c1. The number of anilines is 1. The van der Waals surface area contributed by atoms with Gasteiger partial charge in [0, 0.05) is 12.2 Å². The zero-order valence-electron chi connectivity index (χ0n) is 8.72. The summed E-state index contributed by atoms with van der Waals surface area (Å²) in [6.45, 7) is 0.797. The van der Waals surface area contributed by atoms with E-state index in [4.69, 9.17) is 0 Å². The predicted molar refractivity (Wildman–Crippen MR) is 62.5 cm³/mol. The van der Waals surface area contributed by atoms with Gasteiger partial charge in [-0.2, -0.15) is 11.8 Å². The number of benzene rings is 1. The number of thioether (sulfide) groups is 1. The molecule has 0 fully saturated rings. The smallest absolute Gasteiger partial charge is 0.160 e. The number of unbranched alkanes of at least 4 members (excludes halogenated alkanes) is 1. The second kappa shape index (κ2) is 6.67. The lowest BCUT2D eigenvalue weighted by molar-refractivity contribution is 0.509. The molecule has 1 aromatic carbocycles. The average Bonchev–Trinajstić information content (AvgIpc) is 2.23. The van der Waals surface area contributed by atoms with Crippen molar-refractivity contribution in [2.45, 2.75) is 12.8 Å². The van der Waals surface area contributed by atoms with Gasteiger partial charge in [-0.05, 0) is 43.0 Å². The van der Waals surface area contributed by atoms with E-state index in [0.717, 1.165) is 31.2 Å². The molecule has 0 saturated carbocycles. The lowest BCUT2D eigenvalue weighted by Crippen LogP contribution is -2.02. The van der Waals surface area contributed by atoms with E-state index in [1.165, 1.54) is 6.07 Å². The summed E-state index contributed by atoms with van der Waals surface area (Å²) in [5.74, 6) is -0.466. The molecule has 1 aromatic rings. The van der Waals surface area contributed by atoms with Crippen LogP contribution < -0.4 is 5.32 Å². The molecule has 15 heavy (non-hydrogen) atoms. The zero-order chi connectivity index (χ0) is 11.1. The Labute approximate surface area is 93.3 Å². The van der Waals surface area contributed by atoms with Gasteiger partial charge in [0.2, 0.25) is 0 Å². The Morgan fingerprint density at radius 1 is 1.20 bits per heavy atom. The second-order valence-electron chi connectivity index (χ2n) is 3.26. The number of halogens is 2. The van der Waals surface area contributed by atoms with E-state index >= 15 is 0 Å². The van der Waals surface area contributed by atoms with E-state index in [-0.39, 0.29) is 0 Å². The van der Waals surface area contributed by atoms with Crippen molar-refractivity contribution in [2.24, 2.45) is 0 Å². The van der Waals surface area contributed by atoms with Gasteiger partial charge >= 0.3 is 0 Å². The van der Waals surface area contributed by atoms with Crippen molar-refractivity contribution in [3.05, 3.63) is 29.8 Å². The van der Waals surface area contributed by atoms with Crippen LogP contribution in [-0.4, -0.2) is 18.6 Å². The quantitative estimate of drug-likeness (QED) is 0.752. The molecule has 4 heteroatoms. The Morgan fingerprint density at radius 2 is 2.00 bits per heavy atom. The van der Waals surface area contributed by atoms with Crippen molar-refractivity contribution in [1.82, 2.24) is 0 Å². The average molecular weight is 231 g/mol. The Hall–Kier alpha value is -0.770. The van der Waals surface area contributed by atoms with Crippen molar-refractivity contribution < 1.29 is 8.78 Å². The first-order valence-corrected chi connectivity index (χ1v) is 6.31. The maximum Gasteiger partial charge on any atom is 0.160 e. The normalized spacial score (nSPS) is 10.3. The molecule has 0 aliphatic carbocycles. The standard InChI is InChI=1S/C11H15F2NS/c1-15-7-3-2-6-14-9-4-5-10(12)11(13)8-9/h4-5,8,14H,2-3,6-7H2,1H3. The molecular weight excluding hydrogens is 216 g/mol. The molecule has 0 amide bonds. The summed E-state index contributed by atoms with van der Waals surface area (Å²) in [5.41, 5.74) is 0.637. The molecular formula is C11H15F2NS. The first-order chi connectivity index (χ1) is 7.24. The highest BCUT2D eigenvalue weighted by Gasteiger charge is 2.01. The summed E-state index contributed by atoms with van der Waals surface area (Å²) in [5, 5.41) is 3.06. The maximum atomic E-state index is 12.8. The Morgan fingerprint density at radius 3 is 2.67 bits per heavy atom. The lowest BCUT2D eigenvalue weighted by atomic mass is 10.3. The summed E-state index contributed by atoms with van der Waals surface area (Å²) >= 11 is 1.81. The van der Waals surface area contributed by atoms with E-state index in [0.29, 0.717) is 5.69 Å². The van der Waals surface area contributed by atoms with Crippen molar-refractivity contribution in [1.29, 1.82) is 0 Å². The Bertz CT molecular complexity index is 305. The number of hydrogen-bond donors (Lipinski definition) is 1. The van der Waals surface area contributed by atoms with Gasteiger partial charge in [-0.1, -0.05) is 0 Å². The summed E-state index contributed by atoms with van der Waals surface area (Å²) < 4.78 is 25.4. The molecule has 0 aliphatic rings. The fourth-order valence-electron chi connectivity index (χ4n) is 1.21. The largest absolute Gasteiger partial charge is 0.385 e. The molecule has 84 valence electrons. The van der Waals surface area contributed by atoms with Crippen LogP contribution in [0.4, 0.5) is 14.5 Å². The number of nitrogens with one attached hydrogen (secondary N) is 1. The van der Waals surface area contributed by atoms with Gasteiger partial charge < -0.3 is 5.32 Å². The lowest BCUT2D eigenvalue weighted by Gasteiger charge is -2.06. The van der Waals surface area contributed by atoms with Gasteiger partial charge in [-0.25, -0.2) is 8.78 Å². The van der Waals surface area contributed by atoms with Crippen LogP contribution in [0.5, 0.6) is 0 Å². The minimum Gasteiger partial charge on any atom is -0.385 e. The van der Waals surface area contributed by atoms with E-state index in [1.807, 2.05) is 11.8 Å². The molecule has 0 aromatic heterocycles. The molecule has 0 atom stereocenters. The Kier molecular flexibility index (Phi) is 5.47. The van der Waals surface area contributed by atoms with Gasteiger partial charge in [-0.3, -0.25) is 0 Å². The second-order valence-corrected chi connectivity index (χ2v) is 4.24. The highest BCUT2D eigenvalue weighted by Crippen LogP contribution is 2.13. The first-order valence-electron chi connectivity index (χ1n) is 4.92. The summed E-state index contributed by atoms with van der Waals surface area (Å²) in [4.78, 5) is 0. The van der Waals surface area contributed by atoms with Crippen molar-refractivity contribution in [3.8, 4) is 0 Å². The van der Waals surface area contributed by atoms with Crippen LogP contribution in [0, 0.1) is 11.6 Å². The van der Waals surface area contributed by atoms with Crippen LogP contribution in [0.1, 0.15) is 12.8 Å². The summed E-state index contributed by atoms with van der Waals surface area (Å²) in [7, 11) is 0. The van der Waals surface area contributed by atoms with E-state index in [9.17, 15) is 8.78 Å². The molecule has 1 rings (SSSR count). The summed E-state index contributed by atoms with van der Waals surface area (Å²) in [6, 6.07) is 3.87. The molecule has 0 heterocycles. The van der Waals surface area contributed by atoms with Crippen LogP contribution in [-0.2, 0) is 0 Å². The molecule has 1 N–H and O–H groups in total. The molecule has 0 unspecified atom stereocenters. The predicted octanol–water partition coefficient (Wildman–Crippen LogP) is 3.52.